The highest BCUT2D eigenvalue weighted by Crippen LogP contribution is 2.36. The number of unbranched alkanes of at least 4 members (excludes halogenated alkanes) is 1. The molecular weight excluding hydrogens is 633 g/mol. The van der Waals surface area contributed by atoms with Gasteiger partial charge in [-0.15, -0.1) is 0 Å². The third-order valence-corrected chi connectivity index (χ3v) is 7.85. The first kappa shape index (κ1) is 35.7. The number of alkyl halides is 3. The van der Waals surface area contributed by atoms with Crippen LogP contribution in [0.5, 0.6) is 0 Å². The van der Waals surface area contributed by atoms with Crippen LogP contribution in [0.2, 0.25) is 0 Å². The van der Waals surface area contributed by atoms with Crippen LogP contribution in [-0.2, 0) is 24.3 Å². The number of amides is 2. The normalized spacial score (nSPS) is 16.3. The Kier molecular flexibility index (Phi) is 12.4. The molecule has 0 saturated carbocycles. The molecule has 0 aromatic heterocycles. The predicted octanol–water partition coefficient (Wildman–Crippen LogP) is 3.73. The fourth-order valence-electron chi connectivity index (χ4n) is 4.17. The molecule has 2 amide bonds. The number of aliphatic hydroxyl groups is 1. The number of nitriles is 1. The van der Waals surface area contributed by atoms with Gasteiger partial charge in [-0.2, -0.15) is 23.5 Å². The number of halogens is 3. The summed E-state index contributed by atoms with van der Waals surface area (Å²) in [6, 6.07) is 11.3. The molecule has 46 heavy (non-hydrogen) atoms. The van der Waals surface area contributed by atoms with Crippen LogP contribution in [0.15, 0.2) is 69.7 Å². The van der Waals surface area contributed by atoms with Crippen LogP contribution in [0.1, 0.15) is 26.2 Å². The summed E-state index contributed by atoms with van der Waals surface area (Å²) in [6.45, 7) is 1.77. The molecule has 1 atom stereocenters. The lowest BCUT2D eigenvalue weighted by Gasteiger charge is -2.24. The summed E-state index contributed by atoms with van der Waals surface area (Å²) in [5.74, 6) is -4.25. The first-order valence-electron chi connectivity index (χ1n) is 13.9. The molecule has 3 rings (SSSR count). The third-order valence-electron chi connectivity index (χ3n) is 6.45. The Balaban J connectivity index is 1.76. The molecule has 0 spiro atoms. The Bertz CT molecular complexity index is 1640. The fourth-order valence-corrected chi connectivity index (χ4v) is 5.23. The van der Waals surface area contributed by atoms with E-state index in [1.54, 1.807) is 0 Å². The number of hydrogen-bond donors (Lipinski definition) is 5. The summed E-state index contributed by atoms with van der Waals surface area (Å²) >= 11 is 0. The number of ketones is 2. The van der Waals surface area contributed by atoms with Crippen LogP contribution in [0.3, 0.4) is 0 Å². The minimum absolute atomic E-state index is 0.00773. The first-order valence-corrected chi connectivity index (χ1v) is 15.4. The number of benzene rings is 2. The summed E-state index contributed by atoms with van der Waals surface area (Å²) in [4.78, 5) is 37.3. The second-order valence-electron chi connectivity index (χ2n) is 9.78. The number of hydrazone groups is 1. The number of rotatable bonds is 14. The van der Waals surface area contributed by atoms with E-state index in [1.807, 2.05) is 6.92 Å². The molecule has 2 aromatic carbocycles. The lowest BCUT2D eigenvalue weighted by molar-refractivity contribution is -0.130. The molecule has 13 nitrogen and oxygen atoms in total. The number of nitrogens with zero attached hydrogens (tertiary/aromatic N) is 2. The number of ether oxygens (including phenoxy) is 1. The van der Waals surface area contributed by atoms with E-state index in [1.165, 1.54) is 42.5 Å². The summed E-state index contributed by atoms with van der Waals surface area (Å²) in [5, 5.41) is 27.0. The van der Waals surface area contributed by atoms with E-state index in [-0.39, 0.29) is 42.5 Å². The van der Waals surface area contributed by atoms with E-state index in [4.69, 9.17) is 9.84 Å². The monoisotopic (exact) mass is 664 g/mol. The molecule has 0 aliphatic heterocycles. The number of Topliss-reactive ketones (excluding diaryl/α,β-unsaturated/α-hetero) is 2. The minimum Gasteiger partial charge on any atom is -0.394 e. The van der Waals surface area contributed by atoms with Gasteiger partial charge in [-0.25, -0.2) is 13.2 Å². The highest BCUT2D eigenvalue weighted by Gasteiger charge is 2.50. The molecule has 0 fully saturated rings. The maximum Gasteiger partial charge on any atom is 0.420 e. The van der Waals surface area contributed by atoms with Crippen LogP contribution in [0.4, 0.5) is 35.0 Å². The standard InChI is InChI=1S/C29H31F3N6O7S/c1-2-3-13-34-28(42)35-18-4-6-20(7-5-18)38-46(43,44)21-10-8-19(9-11-21)36-37-25-24(29(30,31)32)23(17-33)26(40)22(27(25)41)12-15-45-16-14-39/h4-11,22,36,38-39H,2-3,12-16H2,1H3,(H2,34,35,42). The average Bonchev–Trinajstić information content (AvgIpc) is 3.00. The van der Waals surface area contributed by atoms with Crippen molar-refractivity contribution < 1.29 is 45.8 Å². The number of nitrogens with one attached hydrogen (secondary N) is 4. The number of urea groups is 1. The van der Waals surface area contributed by atoms with Crippen LogP contribution in [0, 0.1) is 17.2 Å². The highest BCUT2D eigenvalue weighted by atomic mass is 32.2. The third kappa shape index (κ3) is 9.36. The quantitative estimate of drug-likeness (QED) is 0.113. The van der Waals surface area contributed by atoms with Gasteiger partial charge in [0.1, 0.15) is 22.9 Å². The van der Waals surface area contributed by atoms with Crippen LogP contribution in [0.25, 0.3) is 0 Å². The number of allylic oxidation sites excluding steroid dienone is 2. The lowest BCUT2D eigenvalue weighted by atomic mass is 9.79. The SMILES string of the molecule is CCCCNC(=O)Nc1ccc(NS(=O)(=O)c2ccc(NN=C3C(=O)C(CCOCCO)C(=O)C(C#N)=C3C(F)(F)F)cc2)cc1. The number of sulfonamides is 1. The highest BCUT2D eigenvalue weighted by molar-refractivity contribution is 7.92. The van der Waals surface area contributed by atoms with Gasteiger partial charge in [-0.05, 0) is 61.4 Å². The van der Waals surface area contributed by atoms with Gasteiger partial charge in [0.05, 0.1) is 29.7 Å². The fraction of sp³-hybridized carbons (Fsp3) is 0.345. The van der Waals surface area contributed by atoms with Crippen molar-refractivity contribution in [1.29, 1.82) is 5.26 Å². The van der Waals surface area contributed by atoms with Crippen molar-refractivity contribution in [1.82, 2.24) is 5.32 Å². The lowest BCUT2D eigenvalue weighted by Crippen LogP contribution is -2.43. The van der Waals surface area contributed by atoms with E-state index in [2.05, 4.69) is 25.9 Å². The predicted molar refractivity (Wildman–Crippen MR) is 161 cm³/mol. The Hall–Kier alpha value is -4.79. The van der Waals surface area contributed by atoms with Crippen LogP contribution >= 0.6 is 0 Å². The summed E-state index contributed by atoms with van der Waals surface area (Å²) < 4.78 is 74.9. The Morgan fingerprint density at radius 3 is 2.24 bits per heavy atom. The maximum absolute atomic E-state index is 13.9. The molecule has 2 aromatic rings. The van der Waals surface area contributed by atoms with Gasteiger partial charge in [-0.1, -0.05) is 13.3 Å². The van der Waals surface area contributed by atoms with Crippen molar-refractivity contribution in [2.45, 2.75) is 37.3 Å². The van der Waals surface area contributed by atoms with Crippen molar-refractivity contribution >= 4 is 50.4 Å². The average molecular weight is 665 g/mol. The Labute approximate surface area is 262 Å². The topological polar surface area (TPSA) is 199 Å². The van der Waals surface area contributed by atoms with Gasteiger partial charge >= 0.3 is 12.2 Å². The molecule has 0 heterocycles. The number of aliphatic hydroxyl groups excluding tert-OH is 1. The summed E-state index contributed by atoms with van der Waals surface area (Å²) in [6.07, 6.45) is -3.87. The zero-order chi connectivity index (χ0) is 33.9. The van der Waals surface area contributed by atoms with Crippen molar-refractivity contribution in [2.24, 2.45) is 11.0 Å². The van der Waals surface area contributed by atoms with Crippen molar-refractivity contribution in [2.75, 3.05) is 41.8 Å². The van der Waals surface area contributed by atoms with E-state index < -0.39 is 56.6 Å². The first-order chi connectivity index (χ1) is 21.8. The molecule has 1 unspecified atom stereocenters. The zero-order valence-corrected chi connectivity index (χ0v) is 25.3. The van der Waals surface area contributed by atoms with E-state index in [0.29, 0.717) is 12.2 Å². The number of carbonyl (C=O) groups excluding carboxylic acids is 3. The second-order valence-corrected chi connectivity index (χ2v) is 11.5. The molecular formula is C29H31F3N6O7S. The molecule has 17 heteroatoms. The van der Waals surface area contributed by atoms with E-state index in [9.17, 15) is 41.2 Å². The number of hydrogen-bond acceptors (Lipinski definition) is 10. The van der Waals surface area contributed by atoms with Gasteiger partial charge in [0.2, 0.25) is 0 Å². The van der Waals surface area contributed by atoms with Crippen LogP contribution in [-0.4, -0.2) is 69.4 Å². The van der Waals surface area contributed by atoms with Crippen LogP contribution < -0.4 is 20.8 Å². The molecule has 1 aliphatic rings. The Morgan fingerprint density at radius 2 is 1.65 bits per heavy atom. The summed E-state index contributed by atoms with van der Waals surface area (Å²) in [7, 11) is -4.12. The maximum atomic E-state index is 13.9. The van der Waals surface area contributed by atoms with Gasteiger partial charge in [-0.3, -0.25) is 19.7 Å². The second kappa shape index (κ2) is 16.0. The molecule has 5 N–H and O–H groups in total. The largest absolute Gasteiger partial charge is 0.420 e. The Morgan fingerprint density at radius 1 is 1.02 bits per heavy atom. The number of carbonyl (C=O) groups is 3. The van der Waals surface area contributed by atoms with Crippen molar-refractivity contribution in [3.8, 4) is 6.07 Å². The molecule has 246 valence electrons. The van der Waals surface area contributed by atoms with Crippen molar-refractivity contribution in [3.05, 3.63) is 59.7 Å². The molecule has 0 saturated heterocycles. The molecule has 0 radical (unpaired) electrons. The van der Waals surface area contributed by atoms with E-state index >= 15 is 0 Å². The van der Waals surface area contributed by atoms with Crippen molar-refractivity contribution in [3.63, 3.8) is 0 Å². The van der Waals surface area contributed by atoms with Gasteiger partial charge in [0, 0.05) is 24.5 Å². The smallest absolute Gasteiger partial charge is 0.394 e. The van der Waals surface area contributed by atoms with Gasteiger partial charge in [0.15, 0.2) is 11.6 Å². The number of anilines is 3. The zero-order valence-electron chi connectivity index (χ0n) is 24.5. The minimum atomic E-state index is -5.27. The summed E-state index contributed by atoms with van der Waals surface area (Å²) in [5.41, 5.74) is -1.37. The van der Waals surface area contributed by atoms with E-state index in [0.717, 1.165) is 25.0 Å². The van der Waals surface area contributed by atoms with Gasteiger partial charge in [0.25, 0.3) is 10.0 Å². The van der Waals surface area contributed by atoms with Gasteiger partial charge < -0.3 is 20.5 Å². The molecule has 0 bridgehead atoms. The molecule has 1 aliphatic carbocycles.